The van der Waals surface area contributed by atoms with Crippen molar-refractivity contribution >= 4 is 29.0 Å². The van der Waals surface area contributed by atoms with Crippen LogP contribution < -0.4 is 15.4 Å². The van der Waals surface area contributed by atoms with Gasteiger partial charge >= 0.3 is 5.97 Å². The lowest BCUT2D eigenvalue weighted by Crippen LogP contribution is -2.28. The van der Waals surface area contributed by atoms with Crippen molar-refractivity contribution in [2.45, 2.75) is 20.4 Å². The number of methoxy groups -OCH3 is 1. The highest BCUT2D eigenvalue weighted by atomic mass is 32.1. The number of carbonyl (C=O) groups excluding carboxylic acids is 1. The molecule has 2 N–H and O–H groups in total. The van der Waals surface area contributed by atoms with E-state index in [-0.39, 0.29) is 5.97 Å². The molecular weight excluding hydrogens is 336 g/mol. The summed E-state index contributed by atoms with van der Waals surface area (Å²) in [7, 11) is 1.36. The number of anilines is 1. The lowest BCUT2D eigenvalue weighted by Gasteiger charge is -2.15. The van der Waals surface area contributed by atoms with E-state index < -0.39 is 0 Å². The zero-order chi connectivity index (χ0) is 18.2. The molecule has 0 amide bonds. The summed E-state index contributed by atoms with van der Waals surface area (Å²) in [6, 6.07) is 13.1. The van der Waals surface area contributed by atoms with Crippen LogP contribution in [0.1, 0.15) is 28.4 Å². The van der Waals surface area contributed by atoms with Gasteiger partial charge < -0.3 is 20.1 Å². The van der Waals surface area contributed by atoms with Crippen molar-refractivity contribution in [2.24, 2.45) is 0 Å². The van der Waals surface area contributed by atoms with E-state index >= 15 is 0 Å². The molecule has 0 fully saturated rings. The quantitative estimate of drug-likeness (QED) is 0.607. The maximum Gasteiger partial charge on any atom is 0.337 e. The Balaban J connectivity index is 2.02. The molecule has 0 aliphatic rings. The molecule has 0 saturated heterocycles. The molecule has 132 valence electrons. The molecule has 0 aliphatic heterocycles. The lowest BCUT2D eigenvalue weighted by molar-refractivity contribution is 0.0601. The molecule has 0 saturated carbocycles. The smallest absolute Gasteiger partial charge is 0.337 e. The first-order chi connectivity index (χ1) is 12.0. The van der Waals surface area contributed by atoms with E-state index in [1.165, 1.54) is 7.11 Å². The highest BCUT2D eigenvalue weighted by Crippen LogP contribution is 2.19. The minimum absolute atomic E-state index is 0.382. The molecule has 0 unspecified atom stereocenters. The fourth-order valence-corrected chi connectivity index (χ4v) is 2.47. The number of rotatable bonds is 6. The van der Waals surface area contributed by atoms with Gasteiger partial charge in [-0.1, -0.05) is 24.3 Å². The highest BCUT2D eigenvalue weighted by molar-refractivity contribution is 7.80. The average Bonchev–Trinajstić information content (AvgIpc) is 2.62. The second kappa shape index (κ2) is 9.03. The van der Waals surface area contributed by atoms with Crippen LogP contribution in [0.3, 0.4) is 0 Å². The summed E-state index contributed by atoms with van der Waals surface area (Å²) in [5.74, 6) is 0.455. The first kappa shape index (κ1) is 18.7. The van der Waals surface area contributed by atoms with Crippen molar-refractivity contribution in [1.29, 1.82) is 0 Å². The largest absolute Gasteiger partial charge is 0.494 e. The van der Waals surface area contributed by atoms with Gasteiger partial charge in [-0.25, -0.2) is 4.79 Å². The predicted octanol–water partition coefficient (Wildman–Crippen LogP) is 3.67. The summed E-state index contributed by atoms with van der Waals surface area (Å²) in [4.78, 5) is 11.7. The van der Waals surface area contributed by atoms with Gasteiger partial charge in [0, 0.05) is 17.8 Å². The zero-order valence-electron chi connectivity index (χ0n) is 14.6. The van der Waals surface area contributed by atoms with Crippen LogP contribution in [-0.4, -0.2) is 24.8 Å². The Kier molecular flexibility index (Phi) is 6.77. The number of hydrogen-bond donors (Lipinski definition) is 2. The van der Waals surface area contributed by atoms with E-state index in [1.807, 2.05) is 44.2 Å². The van der Waals surface area contributed by atoms with E-state index in [2.05, 4.69) is 10.6 Å². The van der Waals surface area contributed by atoms with Gasteiger partial charge in [-0.15, -0.1) is 0 Å². The monoisotopic (exact) mass is 358 g/mol. The van der Waals surface area contributed by atoms with Crippen molar-refractivity contribution in [2.75, 3.05) is 19.0 Å². The summed E-state index contributed by atoms with van der Waals surface area (Å²) >= 11 is 5.36. The van der Waals surface area contributed by atoms with Gasteiger partial charge in [0.2, 0.25) is 0 Å². The van der Waals surface area contributed by atoms with Crippen LogP contribution in [0.5, 0.6) is 5.75 Å². The van der Waals surface area contributed by atoms with Gasteiger partial charge in [0.05, 0.1) is 19.3 Å². The normalized spacial score (nSPS) is 10.0. The summed E-state index contributed by atoms with van der Waals surface area (Å²) in [6.45, 7) is 5.04. The number of esters is 1. The Morgan fingerprint density at radius 2 is 1.96 bits per heavy atom. The summed E-state index contributed by atoms with van der Waals surface area (Å²) in [6.07, 6.45) is 0. The number of benzene rings is 2. The summed E-state index contributed by atoms with van der Waals surface area (Å²) in [5.41, 5.74) is 3.23. The van der Waals surface area contributed by atoms with Crippen molar-refractivity contribution in [3.05, 3.63) is 59.2 Å². The molecule has 0 bridgehead atoms. The average molecular weight is 358 g/mol. The van der Waals surface area contributed by atoms with Crippen LogP contribution in [0.2, 0.25) is 0 Å². The molecule has 5 nitrogen and oxygen atoms in total. The number of nitrogens with one attached hydrogen (secondary N) is 2. The molecular formula is C19H22N2O3S. The fourth-order valence-electron chi connectivity index (χ4n) is 2.29. The van der Waals surface area contributed by atoms with Crippen LogP contribution in [0.25, 0.3) is 0 Å². The van der Waals surface area contributed by atoms with E-state index in [0.29, 0.717) is 23.8 Å². The number of hydrogen-bond acceptors (Lipinski definition) is 4. The molecule has 0 heterocycles. The topological polar surface area (TPSA) is 59.6 Å². The van der Waals surface area contributed by atoms with Gasteiger partial charge in [-0.3, -0.25) is 0 Å². The second-order valence-corrected chi connectivity index (χ2v) is 5.78. The number of aryl methyl sites for hydroxylation is 1. The predicted molar refractivity (Wildman–Crippen MR) is 103 cm³/mol. The lowest BCUT2D eigenvalue weighted by atomic mass is 10.1. The van der Waals surface area contributed by atoms with E-state index in [1.54, 1.807) is 12.1 Å². The Bertz CT molecular complexity index is 762. The van der Waals surface area contributed by atoms with Crippen molar-refractivity contribution in [3.63, 3.8) is 0 Å². The third-order valence-electron chi connectivity index (χ3n) is 3.62. The van der Waals surface area contributed by atoms with Crippen LogP contribution >= 0.6 is 12.2 Å². The Morgan fingerprint density at radius 3 is 2.68 bits per heavy atom. The van der Waals surface area contributed by atoms with Crippen LogP contribution in [0.4, 0.5) is 5.69 Å². The maximum atomic E-state index is 11.7. The third-order valence-corrected chi connectivity index (χ3v) is 3.87. The Labute approximate surface area is 153 Å². The molecule has 2 rings (SSSR count). The molecule has 25 heavy (non-hydrogen) atoms. The minimum Gasteiger partial charge on any atom is -0.494 e. The molecule has 0 radical (unpaired) electrons. The zero-order valence-corrected chi connectivity index (χ0v) is 15.4. The van der Waals surface area contributed by atoms with E-state index in [9.17, 15) is 4.79 Å². The van der Waals surface area contributed by atoms with Crippen LogP contribution in [0, 0.1) is 6.92 Å². The first-order valence-corrected chi connectivity index (χ1v) is 8.40. The SMILES string of the molecule is CCOc1ccccc1CNC(=S)Nc1cc(C(=O)OC)ccc1C. The molecule has 6 heteroatoms. The fraction of sp³-hybridized carbons (Fsp3) is 0.263. The summed E-state index contributed by atoms with van der Waals surface area (Å²) in [5, 5.41) is 6.75. The van der Waals surface area contributed by atoms with Crippen molar-refractivity contribution in [3.8, 4) is 5.75 Å². The third kappa shape index (κ3) is 5.19. The molecule has 2 aromatic carbocycles. The van der Waals surface area contributed by atoms with Gasteiger partial charge in [0.25, 0.3) is 0 Å². The minimum atomic E-state index is -0.382. The number of ether oxygens (including phenoxy) is 2. The van der Waals surface area contributed by atoms with Gasteiger partial charge in [-0.2, -0.15) is 0 Å². The summed E-state index contributed by atoms with van der Waals surface area (Å²) < 4.78 is 10.4. The Morgan fingerprint density at radius 1 is 1.20 bits per heavy atom. The molecule has 0 aliphatic carbocycles. The second-order valence-electron chi connectivity index (χ2n) is 5.37. The van der Waals surface area contributed by atoms with Crippen LogP contribution in [-0.2, 0) is 11.3 Å². The standard InChI is InChI=1S/C19H22N2O3S/c1-4-24-17-8-6-5-7-15(17)12-20-19(25)21-16-11-14(18(22)23-3)10-9-13(16)2/h5-11H,4,12H2,1-3H3,(H2,20,21,25). The molecule has 0 aromatic heterocycles. The number of carbonyl (C=O) groups is 1. The van der Waals surface area contributed by atoms with Crippen molar-refractivity contribution in [1.82, 2.24) is 5.32 Å². The van der Waals surface area contributed by atoms with Gasteiger partial charge in [-0.05, 0) is 49.8 Å². The number of thiocarbonyl (C=S) groups is 1. The molecule has 2 aromatic rings. The van der Waals surface area contributed by atoms with E-state index in [0.717, 1.165) is 22.6 Å². The van der Waals surface area contributed by atoms with E-state index in [4.69, 9.17) is 21.7 Å². The first-order valence-electron chi connectivity index (χ1n) is 7.99. The molecule has 0 spiro atoms. The highest BCUT2D eigenvalue weighted by Gasteiger charge is 2.09. The maximum absolute atomic E-state index is 11.7. The molecule has 0 atom stereocenters. The Hall–Kier alpha value is -2.60. The number of para-hydroxylation sites is 1. The van der Waals surface area contributed by atoms with Gasteiger partial charge in [0.15, 0.2) is 5.11 Å². The van der Waals surface area contributed by atoms with Gasteiger partial charge in [0.1, 0.15) is 5.75 Å². The van der Waals surface area contributed by atoms with Crippen molar-refractivity contribution < 1.29 is 14.3 Å². The van der Waals surface area contributed by atoms with Crippen LogP contribution in [0.15, 0.2) is 42.5 Å².